The average molecular weight is 439 g/mol. The Hall–Kier alpha value is -2.32. The minimum Gasteiger partial charge on any atom is -0.444 e. The quantitative estimate of drug-likeness (QED) is 0.626. The monoisotopic (exact) mass is 438 g/mol. The highest BCUT2D eigenvalue weighted by atomic mass is 16.6. The fourth-order valence-corrected chi connectivity index (χ4v) is 3.95. The Morgan fingerprint density at radius 2 is 1.77 bits per heavy atom. The van der Waals surface area contributed by atoms with Gasteiger partial charge in [0.05, 0.1) is 5.92 Å². The van der Waals surface area contributed by atoms with Crippen LogP contribution in [0.15, 0.2) is 0 Å². The maximum atomic E-state index is 12.8. The summed E-state index contributed by atoms with van der Waals surface area (Å²) in [6.45, 7) is 11.9. The minimum atomic E-state index is -0.566. The van der Waals surface area contributed by atoms with Gasteiger partial charge in [0.15, 0.2) is 0 Å². The number of alkyl carbamates (subject to hydrolysis) is 1. The van der Waals surface area contributed by atoms with Crippen LogP contribution in [0, 0.1) is 11.8 Å². The number of nitrogens with zero attached hydrogens (tertiary/aromatic N) is 2. The summed E-state index contributed by atoms with van der Waals surface area (Å²) < 4.78 is 5.13. The molecule has 2 fully saturated rings. The second-order valence-electron chi connectivity index (χ2n) is 9.79. The highest BCUT2D eigenvalue weighted by Crippen LogP contribution is 2.25. The van der Waals surface area contributed by atoms with Crippen molar-refractivity contribution in [1.29, 1.82) is 0 Å². The summed E-state index contributed by atoms with van der Waals surface area (Å²) in [5.74, 6) is 0.111. The van der Waals surface area contributed by atoms with E-state index in [4.69, 9.17) is 4.74 Å². The van der Waals surface area contributed by atoms with Crippen LogP contribution in [0.5, 0.6) is 0 Å². The molecule has 2 rings (SSSR count). The Morgan fingerprint density at radius 1 is 1.13 bits per heavy atom. The number of piperidine rings is 1. The third-order valence-corrected chi connectivity index (χ3v) is 5.67. The fourth-order valence-electron chi connectivity index (χ4n) is 3.95. The van der Waals surface area contributed by atoms with Crippen LogP contribution in [-0.4, -0.2) is 78.0 Å². The molecule has 0 aliphatic carbocycles. The Kier molecular flexibility index (Phi) is 8.70. The van der Waals surface area contributed by atoms with Crippen molar-refractivity contribution in [3.63, 3.8) is 0 Å². The second kappa shape index (κ2) is 10.8. The Bertz CT molecular complexity index is 665. The lowest BCUT2D eigenvalue weighted by Crippen LogP contribution is -2.44. The van der Waals surface area contributed by atoms with Crippen molar-refractivity contribution in [1.82, 2.24) is 20.4 Å². The predicted molar refractivity (Wildman–Crippen MR) is 116 cm³/mol. The number of hydrogen-bond donors (Lipinski definition) is 2. The molecule has 2 aliphatic heterocycles. The molecule has 0 aromatic rings. The highest BCUT2D eigenvalue weighted by Gasteiger charge is 2.38. The Morgan fingerprint density at radius 3 is 2.32 bits per heavy atom. The van der Waals surface area contributed by atoms with Gasteiger partial charge in [-0.25, -0.2) is 4.79 Å². The van der Waals surface area contributed by atoms with E-state index in [1.54, 1.807) is 25.7 Å². The first-order valence-corrected chi connectivity index (χ1v) is 11.3. The summed E-state index contributed by atoms with van der Waals surface area (Å²) in [6, 6.07) is 0.124. The molecule has 9 nitrogen and oxygen atoms in total. The highest BCUT2D eigenvalue weighted by molar-refractivity contribution is 5.89. The van der Waals surface area contributed by atoms with Crippen LogP contribution in [0.3, 0.4) is 0 Å². The molecule has 0 bridgehead atoms. The zero-order valence-electron chi connectivity index (χ0n) is 19.5. The van der Waals surface area contributed by atoms with Crippen LogP contribution < -0.4 is 10.6 Å². The van der Waals surface area contributed by atoms with Crippen molar-refractivity contribution in [2.45, 2.75) is 71.9 Å². The molecule has 0 radical (unpaired) electrons. The van der Waals surface area contributed by atoms with Gasteiger partial charge in [-0.15, -0.1) is 0 Å². The second-order valence-corrected chi connectivity index (χ2v) is 9.79. The van der Waals surface area contributed by atoms with Gasteiger partial charge in [0.25, 0.3) is 0 Å². The van der Waals surface area contributed by atoms with E-state index >= 15 is 0 Å². The molecule has 2 saturated heterocycles. The van der Waals surface area contributed by atoms with E-state index in [0.29, 0.717) is 38.5 Å². The van der Waals surface area contributed by atoms with Crippen molar-refractivity contribution in [2.75, 3.05) is 32.7 Å². The number of nitrogens with one attached hydrogen (secondary N) is 2. The third-order valence-electron chi connectivity index (χ3n) is 5.67. The molecule has 0 spiro atoms. The first kappa shape index (κ1) is 24.9. The molecule has 2 heterocycles. The van der Waals surface area contributed by atoms with Gasteiger partial charge in [0.2, 0.25) is 17.7 Å². The van der Waals surface area contributed by atoms with Crippen LogP contribution in [0.25, 0.3) is 0 Å². The van der Waals surface area contributed by atoms with Crippen LogP contribution in [0.1, 0.15) is 60.3 Å². The molecule has 0 aromatic carbocycles. The molecule has 2 aliphatic rings. The van der Waals surface area contributed by atoms with Gasteiger partial charge in [-0.1, -0.05) is 0 Å². The summed E-state index contributed by atoms with van der Waals surface area (Å²) in [5.41, 5.74) is -0.566. The van der Waals surface area contributed by atoms with Gasteiger partial charge in [0.1, 0.15) is 5.60 Å². The van der Waals surface area contributed by atoms with Crippen LogP contribution >= 0.6 is 0 Å². The summed E-state index contributed by atoms with van der Waals surface area (Å²) in [4.78, 5) is 52.1. The van der Waals surface area contributed by atoms with Crippen LogP contribution in [0.4, 0.5) is 4.79 Å². The lowest BCUT2D eigenvalue weighted by atomic mass is 9.95. The third kappa shape index (κ3) is 8.03. The predicted octanol–water partition coefficient (Wildman–Crippen LogP) is 1.51. The molecule has 4 amide bonds. The SMILES string of the molecule is CC(C)N1CC(C(=O)N2CCC(CNC(=O)CCNC(=O)OC(C)(C)C)CC2)CC1=O. The molecule has 31 heavy (non-hydrogen) atoms. The van der Waals surface area contributed by atoms with Crippen molar-refractivity contribution >= 4 is 23.8 Å². The zero-order chi connectivity index (χ0) is 23.2. The van der Waals surface area contributed by atoms with E-state index < -0.39 is 11.7 Å². The van der Waals surface area contributed by atoms with Crippen LogP contribution in [-0.2, 0) is 19.1 Å². The summed E-state index contributed by atoms with van der Waals surface area (Å²) >= 11 is 0. The average Bonchev–Trinajstić information content (AvgIpc) is 3.07. The van der Waals surface area contributed by atoms with Gasteiger partial charge in [-0.3, -0.25) is 14.4 Å². The normalized spacial score (nSPS) is 20.2. The number of rotatable bonds is 7. The van der Waals surface area contributed by atoms with Gasteiger partial charge < -0.3 is 25.2 Å². The largest absolute Gasteiger partial charge is 0.444 e. The number of likely N-dealkylation sites (tertiary alicyclic amines) is 2. The van der Waals surface area contributed by atoms with E-state index in [0.717, 1.165) is 12.8 Å². The first-order chi connectivity index (χ1) is 14.5. The van der Waals surface area contributed by atoms with Crippen molar-refractivity contribution < 1.29 is 23.9 Å². The molecule has 176 valence electrons. The van der Waals surface area contributed by atoms with E-state index in [1.807, 2.05) is 18.7 Å². The number of carbonyl (C=O) groups is 4. The Balaban J connectivity index is 1.62. The maximum absolute atomic E-state index is 12.8. The number of ether oxygens (including phenoxy) is 1. The lowest BCUT2D eigenvalue weighted by molar-refractivity contribution is -0.137. The number of carbonyl (C=O) groups excluding carboxylic acids is 4. The van der Waals surface area contributed by atoms with E-state index in [2.05, 4.69) is 10.6 Å². The van der Waals surface area contributed by atoms with E-state index in [-0.39, 0.29) is 42.6 Å². The van der Waals surface area contributed by atoms with Gasteiger partial charge in [-0.05, 0) is 53.4 Å². The minimum absolute atomic E-state index is 0.0621. The molecule has 1 unspecified atom stereocenters. The maximum Gasteiger partial charge on any atom is 0.407 e. The number of amides is 4. The standard InChI is InChI=1S/C22H38N4O5/c1-15(2)26-14-17(12-19(26)28)20(29)25-10-7-16(8-11-25)13-24-18(27)6-9-23-21(30)31-22(3,4)5/h15-17H,6-14H2,1-5H3,(H,23,30)(H,24,27). The summed E-state index contributed by atoms with van der Waals surface area (Å²) in [7, 11) is 0. The first-order valence-electron chi connectivity index (χ1n) is 11.3. The topological polar surface area (TPSA) is 108 Å². The molecular formula is C22H38N4O5. The molecular weight excluding hydrogens is 400 g/mol. The fraction of sp³-hybridized carbons (Fsp3) is 0.818. The summed E-state index contributed by atoms with van der Waals surface area (Å²) in [5, 5.41) is 5.48. The van der Waals surface area contributed by atoms with Gasteiger partial charge in [-0.2, -0.15) is 0 Å². The molecule has 0 saturated carbocycles. The molecule has 0 aromatic heterocycles. The summed E-state index contributed by atoms with van der Waals surface area (Å²) in [6.07, 6.45) is 1.63. The van der Waals surface area contributed by atoms with Crippen molar-refractivity contribution in [3.05, 3.63) is 0 Å². The van der Waals surface area contributed by atoms with Gasteiger partial charge in [0, 0.05) is 51.6 Å². The smallest absolute Gasteiger partial charge is 0.407 e. The van der Waals surface area contributed by atoms with Gasteiger partial charge >= 0.3 is 6.09 Å². The van der Waals surface area contributed by atoms with Crippen LogP contribution in [0.2, 0.25) is 0 Å². The zero-order valence-corrected chi connectivity index (χ0v) is 19.5. The van der Waals surface area contributed by atoms with Crippen molar-refractivity contribution in [3.8, 4) is 0 Å². The van der Waals surface area contributed by atoms with Crippen molar-refractivity contribution in [2.24, 2.45) is 11.8 Å². The van der Waals surface area contributed by atoms with E-state index in [1.165, 1.54) is 0 Å². The Labute approximate surface area is 185 Å². The van der Waals surface area contributed by atoms with E-state index in [9.17, 15) is 19.2 Å². The molecule has 9 heteroatoms. The molecule has 1 atom stereocenters. The number of hydrogen-bond acceptors (Lipinski definition) is 5. The lowest BCUT2D eigenvalue weighted by Gasteiger charge is -2.33. The molecule has 2 N–H and O–H groups in total.